The summed E-state index contributed by atoms with van der Waals surface area (Å²) in [5, 5.41) is 12.7. The van der Waals surface area contributed by atoms with Crippen LogP contribution in [-0.2, 0) is 0 Å². The van der Waals surface area contributed by atoms with Crippen LogP contribution < -0.4 is 10.1 Å². The predicted molar refractivity (Wildman–Crippen MR) is 77.2 cm³/mol. The van der Waals surface area contributed by atoms with Crippen molar-refractivity contribution in [1.82, 2.24) is 0 Å². The van der Waals surface area contributed by atoms with Crippen LogP contribution >= 0.6 is 11.6 Å². The van der Waals surface area contributed by atoms with Crippen molar-refractivity contribution in [3.05, 3.63) is 52.5 Å². The molecule has 0 fully saturated rings. The highest BCUT2D eigenvalue weighted by Gasteiger charge is 2.07. The van der Waals surface area contributed by atoms with Crippen molar-refractivity contribution in [3.63, 3.8) is 0 Å². The molecule has 0 unspecified atom stereocenters. The van der Waals surface area contributed by atoms with Crippen molar-refractivity contribution in [2.24, 2.45) is 0 Å². The first-order valence-corrected chi connectivity index (χ1v) is 6.13. The fourth-order valence-electron chi connectivity index (χ4n) is 1.71. The van der Waals surface area contributed by atoms with Gasteiger partial charge in [-0.3, -0.25) is 0 Å². The number of benzene rings is 2. The monoisotopic (exact) mass is 272 g/mol. The molecule has 0 spiro atoms. The van der Waals surface area contributed by atoms with Gasteiger partial charge in [-0.25, -0.2) is 0 Å². The number of rotatable bonds is 3. The predicted octanol–water partition coefficient (Wildman–Crippen LogP) is 4.27. The van der Waals surface area contributed by atoms with Gasteiger partial charge in [-0.1, -0.05) is 11.6 Å². The van der Waals surface area contributed by atoms with E-state index in [1.54, 1.807) is 25.3 Å². The highest BCUT2D eigenvalue weighted by molar-refractivity contribution is 6.31. The standard InChI is InChI=1S/C15H13ClN2O/c1-10-7-14(15(19-2)8-13(10)16)18-12-5-3-11(9-17)4-6-12/h3-8,18H,1-2H3. The number of anilines is 2. The molecule has 4 heteroatoms. The van der Waals surface area contributed by atoms with Crippen molar-refractivity contribution in [2.45, 2.75) is 6.92 Å². The maximum Gasteiger partial charge on any atom is 0.143 e. The maximum atomic E-state index is 8.76. The number of nitrogens with one attached hydrogen (secondary N) is 1. The fourth-order valence-corrected chi connectivity index (χ4v) is 1.87. The number of nitrogens with zero attached hydrogens (tertiary/aromatic N) is 1. The van der Waals surface area contributed by atoms with Crippen LogP contribution in [0, 0.1) is 18.3 Å². The van der Waals surface area contributed by atoms with Gasteiger partial charge >= 0.3 is 0 Å². The summed E-state index contributed by atoms with van der Waals surface area (Å²) < 4.78 is 5.30. The number of nitriles is 1. The number of halogens is 1. The van der Waals surface area contributed by atoms with Gasteiger partial charge in [-0.2, -0.15) is 5.26 Å². The summed E-state index contributed by atoms with van der Waals surface area (Å²) in [7, 11) is 1.60. The first-order valence-electron chi connectivity index (χ1n) is 5.75. The Balaban J connectivity index is 2.32. The van der Waals surface area contributed by atoms with Crippen LogP contribution in [0.3, 0.4) is 0 Å². The van der Waals surface area contributed by atoms with Crippen molar-refractivity contribution in [1.29, 1.82) is 5.26 Å². The molecule has 96 valence electrons. The van der Waals surface area contributed by atoms with Crippen LogP contribution in [0.2, 0.25) is 5.02 Å². The molecule has 0 bridgehead atoms. The van der Waals surface area contributed by atoms with E-state index >= 15 is 0 Å². The van der Waals surface area contributed by atoms with Crippen LogP contribution in [0.25, 0.3) is 0 Å². The molecular formula is C15H13ClN2O. The Kier molecular flexibility index (Phi) is 3.94. The average Bonchev–Trinajstić information content (AvgIpc) is 2.43. The van der Waals surface area contributed by atoms with E-state index in [-0.39, 0.29) is 0 Å². The molecule has 19 heavy (non-hydrogen) atoms. The van der Waals surface area contributed by atoms with Gasteiger partial charge in [0.15, 0.2) is 0 Å². The van der Waals surface area contributed by atoms with E-state index in [1.807, 2.05) is 25.1 Å². The first-order chi connectivity index (χ1) is 9.13. The Hall–Kier alpha value is -2.18. The molecule has 0 radical (unpaired) electrons. The third-order valence-corrected chi connectivity index (χ3v) is 3.18. The minimum atomic E-state index is 0.629. The lowest BCUT2D eigenvalue weighted by Gasteiger charge is -2.13. The van der Waals surface area contributed by atoms with E-state index in [1.165, 1.54) is 0 Å². The Morgan fingerprint density at radius 2 is 1.89 bits per heavy atom. The van der Waals surface area contributed by atoms with Crippen LogP contribution in [0.5, 0.6) is 5.75 Å². The van der Waals surface area contributed by atoms with Gasteiger partial charge in [0.05, 0.1) is 24.4 Å². The van der Waals surface area contributed by atoms with Gasteiger partial charge < -0.3 is 10.1 Å². The molecule has 0 saturated heterocycles. The Morgan fingerprint density at radius 1 is 1.21 bits per heavy atom. The van der Waals surface area contributed by atoms with Crippen LogP contribution in [0.1, 0.15) is 11.1 Å². The minimum absolute atomic E-state index is 0.629. The largest absolute Gasteiger partial charge is 0.495 e. The quantitative estimate of drug-likeness (QED) is 0.907. The first kappa shape index (κ1) is 13.3. The van der Waals surface area contributed by atoms with Gasteiger partial charge in [0, 0.05) is 16.8 Å². The average molecular weight is 273 g/mol. The van der Waals surface area contributed by atoms with Crippen LogP contribution in [0.15, 0.2) is 36.4 Å². The van der Waals surface area contributed by atoms with E-state index in [4.69, 9.17) is 21.6 Å². The number of hydrogen-bond donors (Lipinski definition) is 1. The normalized spacial score (nSPS) is 9.79. The Bertz CT molecular complexity index is 630. The summed E-state index contributed by atoms with van der Waals surface area (Å²) in [5.41, 5.74) is 3.33. The highest BCUT2D eigenvalue weighted by atomic mass is 35.5. The Labute approximate surface area is 117 Å². The topological polar surface area (TPSA) is 45.0 Å². The molecule has 0 atom stereocenters. The summed E-state index contributed by atoms with van der Waals surface area (Å²) in [6.07, 6.45) is 0. The molecule has 1 N–H and O–H groups in total. The zero-order valence-electron chi connectivity index (χ0n) is 10.7. The molecule has 0 aromatic heterocycles. The van der Waals surface area contributed by atoms with Gasteiger partial charge in [0.25, 0.3) is 0 Å². The molecule has 0 heterocycles. The minimum Gasteiger partial charge on any atom is -0.495 e. The molecular weight excluding hydrogens is 260 g/mol. The van der Waals surface area contributed by atoms with Gasteiger partial charge in [-0.15, -0.1) is 0 Å². The highest BCUT2D eigenvalue weighted by Crippen LogP contribution is 2.33. The molecule has 0 aliphatic heterocycles. The summed E-state index contributed by atoms with van der Waals surface area (Å²) >= 11 is 6.06. The van der Waals surface area contributed by atoms with E-state index in [0.717, 1.165) is 16.9 Å². The molecule has 0 amide bonds. The maximum absolute atomic E-state index is 8.76. The van der Waals surface area contributed by atoms with Crippen molar-refractivity contribution < 1.29 is 4.74 Å². The molecule has 3 nitrogen and oxygen atoms in total. The summed E-state index contributed by atoms with van der Waals surface area (Å²) in [6.45, 7) is 1.94. The summed E-state index contributed by atoms with van der Waals surface area (Å²) in [4.78, 5) is 0. The van der Waals surface area contributed by atoms with Gasteiger partial charge in [0.2, 0.25) is 0 Å². The zero-order chi connectivity index (χ0) is 13.8. The summed E-state index contributed by atoms with van der Waals surface area (Å²) in [5.74, 6) is 0.681. The third kappa shape index (κ3) is 2.98. The van der Waals surface area contributed by atoms with Crippen molar-refractivity contribution >= 4 is 23.0 Å². The molecule has 2 rings (SSSR count). The molecule has 2 aromatic rings. The van der Waals surface area contributed by atoms with Gasteiger partial charge in [0.1, 0.15) is 5.75 Å². The number of aryl methyl sites for hydroxylation is 1. The number of methoxy groups -OCH3 is 1. The van der Waals surface area contributed by atoms with E-state index < -0.39 is 0 Å². The second-order valence-corrected chi connectivity index (χ2v) is 4.52. The van der Waals surface area contributed by atoms with Crippen LogP contribution in [0.4, 0.5) is 11.4 Å². The number of ether oxygens (including phenoxy) is 1. The molecule has 0 aliphatic rings. The smallest absolute Gasteiger partial charge is 0.143 e. The number of hydrogen-bond acceptors (Lipinski definition) is 3. The second kappa shape index (κ2) is 5.64. The van der Waals surface area contributed by atoms with Gasteiger partial charge in [-0.05, 0) is 42.8 Å². The SMILES string of the molecule is COc1cc(Cl)c(C)cc1Nc1ccc(C#N)cc1. The van der Waals surface area contributed by atoms with E-state index in [0.29, 0.717) is 16.3 Å². The summed E-state index contributed by atoms with van der Waals surface area (Å²) in [6, 6.07) is 13.0. The molecule has 0 saturated carbocycles. The van der Waals surface area contributed by atoms with Crippen molar-refractivity contribution in [3.8, 4) is 11.8 Å². The fraction of sp³-hybridized carbons (Fsp3) is 0.133. The van der Waals surface area contributed by atoms with Crippen molar-refractivity contribution in [2.75, 3.05) is 12.4 Å². The second-order valence-electron chi connectivity index (χ2n) is 4.12. The lowest BCUT2D eigenvalue weighted by molar-refractivity contribution is 0.417. The Morgan fingerprint density at radius 3 is 2.47 bits per heavy atom. The molecule has 0 aliphatic carbocycles. The zero-order valence-corrected chi connectivity index (χ0v) is 11.5. The van der Waals surface area contributed by atoms with E-state index in [9.17, 15) is 0 Å². The van der Waals surface area contributed by atoms with Crippen LogP contribution in [-0.4, -0.2) is 7.11 Å². The van der Waals surface area contributed by atoms with E-state index in [2.05, 4.69) is 11.4 Å². The molecule has 2 aromatic carbocycles. The lowest BCUT2D eigenvalue weighted by atomic mass is 10.2. The third-order valence-electron chi connectivity index (χ3n) is 2.77. The lowest BCUT2D eigenvalue weighted by Crippen LogP contribution is -1.96.